The van der Waals surface area contributed by atoms with E-state index < -0.39 is 0 Å². The van der Waals surface area contributed by atoms with Gasteiger partial charge in [-0.2, -0.15) is 0 Å². The molecular formula is C30H22O2. The lowest BCUT2D eigenvalue weighted by Gasteiger charge is -2.18. The largest absolute Gasteiger partial charge is 0.496 e. The van der Waals surface area contributed by atoms with Crippen LogP contribution in [0.25, 0.3) is 54.6 Å². The summed E-state index contributed by atoms with van der Waals surface area (Å²) in [6, 6.07) is 34.3. The Balaban J connectivity index is 1.73. The molecule has 0 saturated heterocycles. The van der Waals surface area contributed by atoms with Gasteiger partial charge >= 0.3 is 0 Å². The van der Waals surface area contributed by atoms with E-state index >= 15 is 0 Å². The first-order valence-electron chi connectivity index (χ1n) is 10.8. The lowest BCUT2D eigenvalue weighted by atomic mass is 9.87. The van der Waals surface area contributed by atoms with Crippen LogP contribution in [0.15, 0.2) is 97.1 Å². The van der Waals surface area contributed by atoms with Crippen molar-refractivity contribution in [1.29, 1.82) is 0 Å². The highest BCUT2D eigenvalue weighted by Crippen LogP contribution is 2.44. The van der Waals surface area contributed by atoms with Crippen molar-refractivity contribution >= 4 is 32.3 Å². The van der Waals surface area contributed by atoms with Gasteiger partial charge in [0.05, 0.1) is 14.2 Å². The van der Waals surface area contributed by atoms with Gasteiger partial charge in [-0.05, 0) is 55.6 Å². The van der Waals surface area contributed by atoms with Crippen molar-refractivity contribution in [3.8, 4) is 33.8 Å². The Labute approximate surface area is 187 Å². The molecule has 0 bridgehead atoms. The molecule has 6 aromatic carbocycles. The van der Waals surface area contributed by atoms with Gasteiger partial charge < -0.3 is 9.47 Å². The quantitative estimate of drug-likeness (QED) is 0.273. The molecule has 0 aliphatic heterocycles. The summed E-state index contributed by atoms with van der Waals surface area (Å²) in [5.74, 6) is 1.77. The zero-order valence-electron chi connectivity index (χ0n) is 18.1. The smallest absolute Gasteiger partial charge is 0.126 e. The third-order valence-electron chi connectivity index (χ3n) is 6.46. The van der Waals surface area contributed by atoms with E-state index in [0.29, 0.717) is 0 Å². The fourth-order valence-corrected chi connectivity index (χ4v) is 5.01. The maximum Gasteiger partial charge on any atom is 0.126 e. The Bertz CT molecular complexity index is 1480. The molecular weight excluding hydrogens is 392 g/mol. The first-order chi connectivity index (χ1) is 15.8. The highest BCUT2D eigenvalue weighted by atomic mass is 16.5. The van der Waals surface area contributed by atoms with Crippen LogP contribution in [0.5, 0.6) is 11.5 Å². The average Bonchev–Trinajstić information content (AvgIpc) is 2.87. The first kappa shape index (κ1) is 18.7. The molecule has 0 heterocycles. The summed E-state index contributed by atoms with van der Waals surface area (Å²) in [5.41, 5.74) is 4.59. The van der Waals surface area contributed by atoms with Crippen molar-refractivity contribution in [2.24, 2.45) is 0 Å². The van der Waals surface area contributed by atoms with Crippen molar-refractivity contribution in [2.45, 2.75) is 0 Å². The lowest BCUT2D eigenvalue weighted by molar-refractivity contribution is 0.416. The van der Waals surface area contributed by atoms with Crippen LogP contribution >= 0.6 is 0 Å². The summed E-state index contributed by atoms with van der Waals surface area (Å²) in [6.07, 6.45) is 0. The van der Waals surface area contributed by atoms with Crippen LogP contribution in [0.1, 0.15) is 0 Å². The Morgan fingerprint density at radius 1 is 0.406 bits per heavy atom. The molecule has 0 fully saturated rings. The van der Waals surface area contributed by atoms with Crippen LogP contribution in [0.4, 0.5) is 0 Å². The molecule has 0 amide bonds. The van der Waals surface area contributed by atoms with E-state index in [9.17, 15) is 0 Å². The summed E-state index contributed by atoms with van der Waals surface area (Å²) in [7, 11) is 3.46. The Kier molecular flexibility index (Phi) is 4.26. The molecule has 0 unspecified atom stereocenters. The maximum absolute atomic E-state index is 5.68. The van der Waals surface area contributed by atoms with Gasteiger partial charge in [0.25, 0.3) is 0 Å². The van der Waals surface area contributed by atoms with Crippen molar-refractivity contribution in [1.82, 2.24) is 0 Å². The SMILES string of the molecule is COc1ccccc1-c1ccc2ccc3ccc(-c4ccccc4OC)c4ccc1c2c34. The van der Waals surface area contributed by atoms with Gasteiger partial charge in [-0.1, -0.05) is 84.9 Å². The minimum atomic E-state index is 0.886. The van der Waals surface area contributed by atoms with Gasteiger partial charge in [-0.15, -0.1) is 0 Å². The molecule has 2 nitrogen and oxygen atoms in total. The molecule has 154 valence electrons. The number of hydrogen-bond acceptors (Lipinski definition) is 2. The predicted octanol–water partition coefficient (Wildman–Crippen LogP) is 7.94. The van der Waals surface area contributed by atoms with Gasteiger partial charge in [-0.25, -0.2) is 0 Å². The molecule has 0 aliphatic carbocycles. The summed E-state index contributed by atoms with van der Waals surface area (Å²) in [5, 5.41) is 7.55. The van der Waals surface area contributed by atoms with E-state index in [1.54, 1.807) is 14.2 Å². The number of benzene rings is 6. The van der Waals surface area contributed by atoms with Gasteiger partial charge in [-0.3, -0.25) is 0 Å². The first-order valence-corrected chi connectivity index (χ1v) is 10.8. The Morgan fingerprint density at radius 3 is 1.25 bits per heavy atom. The second-order valence-corrected chi connectivity index (χ2v) is 8.05. The summed E-state index contributed by atoms with van der Waals surface area (Å²) in [6.45, 7) is 0. The summed E-state index contributed by atoms with van der Waals surface area (Å²) < 4.78 is 11.4. The zero-order valence-corrected chi connectivity index (χ0v) is 18.1. The predicted molar refractivity (Wildman–Crippen MR) is 134 cm³/mol. The molecule has 0 radical (unpaired) electrons. The van der Waals surface area contributed by atoms with E-state index in [4.69, 9.17) is 9.47 Å². The maximum atomic E-state index is 5.68. The molecule has 6 aromatic rings. The third kappa shape index (κ3) is 2.66. The van der Waals surface area contributed by atoms with Gasteiger partial charge in [0.1, 0.15) is 11.5 Å². The minimum absolute atomic E-state index is 0.886. The van der Waals surface area contributed by atoms with Crippen molar-refractivity contribution in [3.63, 3.8) is 0 Å². The topological polar surface area (TPSA) is 18.5 Å². The number of methoxy groups -OCH3 is 2. The fraction of sp³-hybridized carbons (Fsp3) is 0.0667. The molecule has 0 aromatic heterocycles. The van der Waals surface area contributed by atoms with Gasteiger partial charge in [0, 0.05) is 11.1 Å². The third-order valence-corrected chi connectivity index (χ3v) is 6.46. The lowest BCUT2D eigenvalue weighted by Crippen LogP contribution is -1.92. The average molecular weight is 415 g/mol. The monoisotopic (exact) mass is 414 g/mol. The van der Waals surface area contributed by atoms with Crippen LogP contribution in [0, 0.1) is 0 Å². The number of rotatable bonds is 4. The molecule has 32 heavy (non-hydrogen) atoms. The van der Waals surface area contributed by atoms with E-state index in [-0.39, 0.29) is 0 Å². The molecule has 6 rings (SSSR count). The Hall–Kier alpha value is -4.04. The van der Waals surface area contributed by atoms with Crippen LogP contribution in [-0.4, -0.2) is 14.2 Å². The molecule has 0 atom stereocenters. The normalized spacial score (nSPS) is 11.4. The second-order valence-electron chi connectivity index (χ2n) is 8.05. The van der Waals surface area contributed by atoms with Crippen molar-refractivity contribution < 1.29 is 9.47 Å². The van der Waals surface area contributed by atoms with Crippen LogP contribution < -0.4 is 9.47 Å². The molecule has 0 aliphatic rings. The van der Waals surface area contributed by atoms with E-state index in [1.807, 2.05) is 24.3 Å². The summed E-state index contributed by atoms with van der Waals surface area (Å²) in [4.78, 5) is 0. The number of ether oxygens (including phenoxy) is 2. The summed E-state index contributed by atoms with van der Waals surface area (Å²) >= 11 is 0. The number of para-hydroxylation sites is 2. The highest BCUT2D eigenvalue weighted by Gasteiger charge is 2.17. The van der Waals surface area contributed by atoms with Gasteiger partial charge in [0.2, 0.25) is 0 Å². The fourth-order valence-electron chi connectivity index (χ4n) is 5.01. The van der Waals surface area contributed by atoms with Crippen LogP contribution in [0.2, 0.25) is 0 Å². The van der Waals surface area contributed by atoms with Crippen LogP contribution in [0.3, 0.4) is 0 Å². The standard InChI is InChI=1S/C30H22O2/c1-31-27-9-5-3-7-23(27)21-15-13-19-11-12-20-14-16-22(24-8-4-6-10-28(24)32-2)26-18-17-25(21)29(19)30(20)26/h3-18H,1-2H3. The van der Waals surface area contributed by atoms with E-state index in [2.05, 4.69) is 72.8 Å². The molecule has 2 heteroatoms. The van der Waals surface area contributed by atoms with Crippen molar-refractivity contribution in [2.75, 3.05) is 14.2 Å². The van der Waals surface area contributed by atoms with Crippen LogP contribution in [-0.2, 0) is 0 Å². The van der Waals surface area contributed by atoms with E-state index in [0.717, 1.165) is 22.6 Å². The number of hydrogen-bond donors (Lipinski definition) is 0. The van der Waals surface area contributed by atoms with E-state index in [1.165, 1.54) is 43.4 Å². The Morgan fingerprint density at radius 2 is 0.812 bits per heavy atom. The molecule has 0 saturated carbocycles. The van der Waals surface area contributed by atoms with Gasteiger partial charge in [0.15, 0.2) is 0 Å². The van der Waals surface area contributed by atoms with Crippen molar-refractivity contribution in [3.05, 3.63) is 97.1 Å². The zero-order chi connectivity index (χ0) is 21.7. The highest BCUT2D eigenvalue weighted by molar-refractivity contribution is 6.27. The molecule has 0 spiro atoms. The minimum Gasteiger partial charge on any atom is -0.496 e. The molecule has 0 N–H and O–H groups in total. The second kappa shape index (κ2) is 7.28.